The molecule has 0 fully saturated rings. The summed E-state index contributed by atoms with van der Waals surface area (Å²) >= 11 is 0. The third-order valence-corrected chi connectivity index (χ3v) is 24.3. The minimum atomic E-state index is 0.654. The van der Waals surface area contributed by atoms with Crippen molar-refractivity contribution in [3.8, 4) is 124 Å². The van der Waals surface area contributed by atoms with Crippen molar-refractivity contribution in [2.75, 3.05) is 0 Å². The average Bonchev–Trinajstić information content (AvgIpc) is 1.56. The van der Waals surface area contributed by atoms with Gasteiger partial charge in [-0.15, -0.1) is 0 Å². The second-order valence-corrected chi connectivity index (χ2v) is 31.4. The van der Waals surface area contributed by atoms with Crippen LogP contribution in [-0.2, 0) is 0 Å². The molecule has 9 aromatic heterocycles. The van der Waals surface area contributed by atoms with Crippen molar-refractivity contribution in [2.45, 2.75) is 0 Å². The van der Waals surface area contributed by atoms with Crippen LogP contribution in [0.15, 0.2) is 425 Å². The molecule has 10 heteroatoms. The molecular weight excluding hydrogens is 1500 g/mol. The lowest BCUT2D eigenvalue weighted by Crippen LogP contribution is -2.00. The summed E-state index contributed by atoms with van der Waals surface area (Å²) < 4.78 is 7.24. The number of benzene rings is 17. The summed E-state index contributed by atoms with van der Waals surface area (Å²) in [7, 11) is 0. The van der Waals surface area contributed by atoms with Crippen LogP contribution < -0.4 is 0 Å². The highest BCUT2D eigenvalue weighted by atomic mass is 15.0. The zero-order valence-electron chi connectivity index (χ0n) is 66.4. The highest BCUT2D eigenvalue weighted by Gasteiger charge is 2.24. The predicted octanol–water partition coefficient (Wildman–Crippen LogP) is 28.6. The van der Waals surface area contributed by atoms with E-state index in [1.807, 2.05) is 109 Å². The summed E-state index contributed by atoms with van der Waals surface area (Å²) in [6, 6.07) is 149. The van der Waals surface area contributed by atoms with Crippen LogP contribution in [0.4, 0.5) is 0 Å². The van der Waals surface area contributed by atoms with Crippen LogP contribution in [0.5, 0.6) is 0 Å². The normalized spacial score (nSPS) is 11.7. The van der Waals surface area contributed by atoms with Crippen LogP contribution in [-0.4, -0.2) is 48.1 Å². The zero-order valence-corrected chi connectivity index (χ0v) is 66.4. The maximum atomic E-state index is 5.05. The molecule has 0 aliphatic rings. The van der Waals surface area contributed by atoms with Gasteiger partial charge in [-0.05, 0) is 70.8 Å². The summed E-state index contributed by atoms with van der Waals surface area (Å²) in [6.07, 6.45) is 0. The molecule has 0 radical (unpaired) electrons. The van der Waals surface area contributed by atoms with Crippen LogP contribution in [0.25, 0.3) is 239 Å². The molecule has 0 spiro atoms. The van der Waals surface area contributed by atoms with E-state index in [2.05, 4.69) is 329 Å². The van der Waals surface area contributed by atoms with E-state index >= 15 is 0 Å². The van der Waals surface area contributed by atoms with Gasteiger partial charge in [0.05, 0.1) is 72.4 Å². The van der Waals surface area contributed by atoms with Crippen molar-refractivity contribution in [2.24, 2.45) is 0 Å². The summed E-state index contributed by atoms with van der Waals surface area (Å²) in [5.74, 6) is 3.42. The molecule has 123 heavy (non-hydrogen) atoms. The maximum absolute atomic E-state index is 5.05. The molecule has 10 nitrogen and oxygen atoms in total. The van der Waals surface area contributed by atoms with Gasteiger partial charge < -0.3 is 13.2 Å². The van der Waals surface area contributed by atoms with Gasteiger partial charge in [0, 0.05) is 115 Å². The molecule has 0 N–H and O–H groups in total. The number of aromatic nitrogens is 10. The standard InChI is InChI=1S/C40H25N3.C39H24N4.C34H21N3/c1-3-10-27(11-4-1)35-25-36(42-40(41-35)29-12-5-2-6-13-29)28-20-18-26(19-21-28)30-22-23-32-34-16-9-15-33-31-14-7-8-17-37(31)43(39(33)34)38(32)24-30;1-3-10-25(11-4-1)26-18-20-28(21-19-26)38-40-37(27-12-5-2-6-13-27)41-39(42-38)29-22-23-31-33-16-9-15-32-30-14-7-8-17-34(30)43(36(32)33)35(31)24-29;1-3-10-22(11-4-1)29-21-30(36-34(35-29)23-12-5-2-6-13-23)24-18-19-26-28-16-9-15-27-25-14-7-8-17-31(25)37(33(27)28)32(26)20-24/h1-25H;1-24H;1-21H. The Labute approximate surface area is 706 Å². The first-order chi connectivity index (χ1) is 61.0. The van der Waals surface area contributed by atoms with Gasteiger partial charge in [-0.25, -0.2) is 34.9 Å². The Kier molecular flexibility index (Phi) is 16.7. The Morgan fingerprint density at radius 2 is 0.333 bits per heavy atom. The van der Waals surface area contributed by atoms with E-state index in [-0.39, 0.29) is 0 Å². The number of nitrogens with zero attached hydrogens (tertiary/aromatic N) is 10. The number of para-hydroxylation sites is 6. The largest absolute Gasteiger partial charge is 0.308 e. The van der Waals surface area contributed by atoms with Gasteiger partial charge in [0.2, 0.25) is 0 Å². The summed E-state index contributed by atoms with van der Waals surface area (Å²) in [5.41, 5.74) is 28.7. The lowest BCUT2D eigenvalue weighted by molar-refractivity contribution is 1.07. The predicted molar refractivity (Wildman–Crippen MR) is 508 cm³/mol. The number of rotatable bonds is 11. The topological polar surface area (TPSA) is 103 Å². The van der Waals surface area contributed by atoms with Gasteiger partial charge in [-0.3, -0.25) is 0 Å². The fourth-order valence-electron chi connectivity index (χ4n) is 18.5. The van der Waals surface area contributed by atoms with Crippen molar-refractivity contribution in [3.63, 3.8) is 0 Å². The highest BCUT2D eigenvalue weighted by Crippen LogP contribution is 2.45. The monoisotopic (exact) mass is 1570 g/mol. The number of fused-ring (bicyclic) bond motifs is 18. The van der Waals surface area contributed by atoms with Crippen LogP contribution in [0.1, 0.15) is 0 Å². The molecule has 572 valence electrons. The SMILES string of the molecule is c1ccc(-c2cc(-c3ccc(-c4ccc5c6cccc7c8ccccc8n(c5c4)c76)cc3)nc(-c3ccccc3)n2)cc1.c1ccc(-c2cc(-c3ccc4c5cccc6c7ccccc7n(c4c3)c65)nc(-c3ccccc3)n2)cc1.c1ccc(-c2ccc(-c3nc(-c4ccccc4)nc(-c4ccc5c6cccc7c8ccccc8n(c5c4)c76)n3)cc2)cc1. The lowest BCUT2D eigenvalue weighted by atomic mass is 10.00. The zero-order chi connectivity index (χ0) is 81.0. The molecular formula is C113H70N10. The Balaban J connectivity index is 0.000000104. The van der Waals surface area contributed by atoms with Crippen molar-refractivity contribution >= 4 is 114 Å². The Bertz CT molecular complexity index is 8390. The Morgan fingerprint density at radius 1 is 0.122 bits per heavy atom. The molecule has 0 amide bonds. The molecule has 26 aromatic rings. The third kappa shape index (κ3) is 12.1. The van der Waals surface area contributed by atoms with Crippen LogP contribution in [0.2, 0.25) is 0 Å². The van der Waals surface area contributed by atoms with Gasteiger partial charge in [-0.2, -0.15) is 0 Å². The number of hydrogen-bond acceptors (Lipinski definition) is 7. The van der Waals surface area contributed by atoms with Gasteiger partial charge >= 0.3 is 0 Å². The molecule has 0 aliphatic carbocycles. The van der Waals surface area contributed by atoms with Gasteiger partial charge in [0.1, 0.15) is 0 Å². The second kappa shape index (κ2) is 29.1. The van der Waals surface area contributed by atoms with Crippen LogP contribution in [0.3, 0.4) is 0 Å². The van der Waals surface area contributed by atoms with Crippen molar-refractivity contribution < 1.29 is 0 Å². The van der Waals surface area contributed by atoms with Gasteiger partial charge in [0.15, 0.2) is 29.1 Å². The molecule has 0 aliphatic heterocycles. The van der Waals surface area contributed by atoms with E-state index < -0.39 is 0 Å². The fourth-order valence-corrected chi connectivity index (χ4v) is 18.5. The Hall–Kier alpha value is -16.7. The number of hydrogen-bond donors (Lipinski definition) is 0. The first-order valence-electron chi connectivity index (χ1n) is 41.6. The summed E-state index contributed by atoms with van der Waals surface area (Å²) in [5, 5.41) is 15.4. The third-order valence-electron chi connectivity index (χ3n) is 24.3. The highest BCUT2D eigenvalue weighted by molar-refractivity contribution is 6.26. The molecule has 17 aromatic carbocycles. The molecule has 0 unspecified atom stereocenters. The molecule has 0 atom stereocenters. The van der Waals surface area contributed by atoms with Gasteiger partial charge in [-0.1, -0.05) is 376 Å². The molecule has 0 bridgehead atoms. The second-order valence-electron chi connectivity index (χ2n) is 31.4. The van der Waals surface area contributed by atoms with E-state index in [9.17, 15) is 0 Å². The smallest absolute Gasteiger partial charge is 0.164 e. The van der Waals surface area contributed by atoms with Crippen molar-refractivity contribution in [3.05, 3.63) is 425 Å². The lowest BCUT2D eigenvalue weighted by Gasteiger charge is -2.10. The van der Waals surface area contributed by atoms with E-state index in [1.54, 1.807) is 0 Å². The molecule has 0 saturated carbocycles. The minimum Gasteiger partial charge on any atom is -0.308 e. The summed E-state index contributed by atoms with van der Waals surface area (Å²) in [4.78, 5) is 34.9. The Morgan fingerprint density at radius 3 is 0.707 bits per heavy atom. The van der Waals surface area contributed by atoms with Gasteiger partial charge in [0.25, 0.3) is 0 Å². The first kappa shape index (κ1) is 70.5. The molecule has 9 heterocycles. The molecule has 0 saturated heterocycles. The average molecular weight is 1570 g/mol. The fraction of sp³-hybridized carbons (Fsp3) is 0. The van der Waals surface area contributed by atoms with Crippen molar-refractivity contribution in [1.82, 2.24) is 48.1 Å². The van der Waals surface area contributed by atoms with E-state index in [0.717, 1.165) is 95.6 Å². The summed E-state index contributed by atoms with van der Waals surface area (Å²) in [6.45, 7) is 0. The van der Waals surface area contributed by atoms with E-state index in [1.165, 1.54) is 125 Å². The van der Waals surface area contributed by atoms with Crippen LogP contribution >= 0.6 is 0 Å². The minimum absolute atomic E-state index is 0.654. The first-order valence-corrected chi connectivity index (χ1v) is 41.6. The van der Waals surface area contributed by atoms with E-state index in [4.69, 9.17) is 34.9 Å². The molecule has 26 rings (SSSR count). The van der Waals surface area contributed by atoms with E-state index in [0.29, 0.717) is 17.5 Å². The van der Waals surface area contributed by atoms with Crippen molar-refractivity contribution in [1.29, 1.82) is 0 Å². The maximum Gasteiger partial charge on any atom is 0.164 e. The van der Waals surface area contributed by atoms with Crippen LogP contribution in [0, 0.1) is 0 Å². The quantitative estimate of drug-likeness (QED) is 0.127.